The zero-order valence-corrected chi connectivity index (χ0v) is 27.0. The molecule has 1 aromatic heterocycles. The molecule has 1 aromatic carbocycles. The quantitative estimate of drug-likeness (QED) is 0.453. The third kappa shape index (κ3) is 6.56. The number of amides is 2. The average molecular weight is 631 g/mol. The standard InChI is InChI=1S/C33H44F2N4O6/c1-19(40)27-33(34,35)25-18-39(27)29(41)26(31(2,3)4)38-30(42)45-32(5)16-10-12-20(32)11-8-7-9-13-23-28(44-25)37-24-17-21(43-6)14-15-22(24)36-23/h14-15,17,20,25-27H,7-13,16,18H2,1-6H3,(H,38,42)/t20-,25+,26-,27-,32-/m1/s1. The number of carbonyl (C=O) groups excluding carboxylic acids is 3. The van der Waals surface area contributed by atoms with Crippen molar-refractivity contribution in [2.24, 2.45) is 11.3 Å². The monoisotopic (exact) mass is 630 g/mol. The second kappa shape index (κ2) is 12.3. The van der Waals surface area contributed by atoms with Gasteiger partial charge in [-0.2, -0.15) is 8.78 Å². The number of nitrogens with zero attached hydrogens (tertiary/aromatic N) is 3. The van der Waals surface area contributed by atoms with Crippen molar-refractivity contribution in [3.8, 4) is 11.6 Å². The molecule has 246 valence electrons. The van der Waals surface area contributed by atoms with Gasteiger partial charge in [0.05, 0.1) is 24.7 Å². The topological polar surface area (TPSA) is 120 Å². The molecule has 2 fully saturated rings. The van der Waals surface area contributed by atoms with E-state index in [1.54, 1.807) is 39.0 Å². The van der Waals surface area contributed by atoms with Crippen LogP contribution in [-0.2, 0) is 20.7 Å². The van der Waals surface area contributed by atoms with Crippen LogP contribution < -0.4 is 14.8 Å². The lowest BCUT2D eigenvalue weighted by atomic mass is 9.85. The van der Waals surface area contributed by atoms with Gasteiger partial charge in [0, 0.05) is 6.07 Å². The molecule has 2 bridgehead atoms. The molecule has 0 radical (unpaired) electrons. The van der Waals surface area contributed by atoms with Crippen molar-refractivity contribution in [1.82, 2.24) is 20.2 Å². The number of hydrogen-bond acceptors (Lipinski definition) is 8. The first kappa shape index (κ1) is 32.8. The maximum Gasteiger partial charge on any atom is 0.408 e. The van der Waals surface area contributed by atoms with Crippen molar-refractivity contribution in [1.29, 1.82) is 0 Å². The summed E-state index contributed by atoms with van der Waals surface area (Å²) < 4.78 is 49.5. The molecule has 1 saturated carbocycles. The van der Waals surface area contributed by atoms with Gasteiger partial charge in [-0.05, 0) is 75.8 Å². The Morgan fingerprint density at radius 3 is 2.51 bits per heavy atom. The maximum atomic E-state index is 16.1. The van der Waals surface area contributed by atoms with E-state index in [9.17, 15) is 14.4 Å². The molecule has 0 spiro atoms. The Bertz CT molecular complexity index is 1460. The van der Waals surface area contributed by atoms with Crippen LogP contribution in [0.15, 0.2) is 18.2 Å². The minimum absolute atomic E-state index is 0.0596. The SMILES string of the molecule is COc1ccc2nc3c(nc2c1)O[C@H]1CN(C(=O)[C@H](C(C)(C)C)NC(=O)O[C@]2(C)CCC[C@H]2CCCCC3)[C@H](C(C)=O)C1(F)F. The summed E-state index contributed by atoms with van der Waals surface area (Å²) in [5.41, 5.74) is -0.190. The van der Waals surface area contributed by atoms with Crippen molar-refractivity contribution >= 4 is 28.8 Å². The van der Waals surface area contributed by atoms with Gasteiger partial charge >= 0.3 is 12.0 Å². The van der Waals surface area contributed by atoms with Gasteiger partial charge in [-0.1, -0.05) is 33.6 Å². The second-order valence-electron chi connectivity index (χ2n) is 13.9. The predicted octanol–water partition coefficient (Wildman–Crippen LogP) is 5.64. The minimum Gasteiger partial charge on any atom is -0.497 e. The van der Waals surface area contributed by atoms with Crippen molar-refractivity contribution in [3.63, 3.8) is 0 Å². The molecular weight excluding hydrogens is 586 g/mol. The van der Waals surface area contributed by atoms with Gasteiger partial charge in [-0.25, -0.2) is 14.8 Å². The van der Waals surface area contributed by atoms with Gasteiger partial charge in [0.25, 0.3) is 0 Å². The number of halogens is 2. The fourth-order valence-electron chi connectivity index (χ4n) is 7.01. The molecule has 2 aliphatic heterocycles. The predicted molar refractivity (Wildman–Crippen MR) is 162 cm³/mol. The molecule has 0 unspecified atom stereocenters. The molecule has 1 N–H and O–H groups in total. The summed E-state index contributed by atoms with van der Waals surface area (Å²) in [6.45, 7) is 7.53. The lowest BCUT2D eigenvalue weighted by Gasteiger charge is -2.37. The molecule has 2 aromatic rings. The Kier molecular flexibility index (Phi) is 8.98. The summed E-state index contributed by atoms with van der Waals surface area (Å²) in [7, 11) is 1.51. The molecule has 5 atom stereocenters. The number of nitrogens with one attached hydrogen (secondary N) is 1. The maximum absolute atomic E-state index is 16.1. The molecule has 10 nitrogen and oxygen atoms in total. The summed E-state index contributed by atoms with van der Waals surface area (Å²) in [6.07, 6.45) is 3.64. The molecule has 1 saturated heterocycles. The molecule has 12 heteroatoms. The highest BCUT2D eigenvalue weighted by molar-refractivity contribution is 5.93. The number of methoxy groups -OCH3 is 1. The fourth-order valence-corrected chi connectivity index (χ4v) is 7.01. The van der Waals surface area contributed by atoms with Crippen LogP contribution in [0.2, 0.25) is 0 Å². The van der Waals surface area contributed by atoms with E-state index in [-0.39, 0.29) is 11.8 Å². The summed E-state index contributed by atoms with van der Waals surface area (Å²) in [4.78, 5) is 50.3. The van der Waals surface area contributed by atoms with Gasteiger partial charge in [0.2, 0.25) is 11.8 Å². The highest BCUT2D eigenvalue weighted by Crippen LogP contribution is 2.43. The molecule has 5 rings (SSSR count). The van der Waals surface area contributed by atoms with Crippen molar-refractivity contribution in [2.45, 2.75) is 116 Å². The van der Waals surface area contributed by atoms with Gasteiger partial charge in [-0.15, -0.1) is 0 Å². The molecule has 2 amide bonds. The number of hydrogen-bond donors (Lipinski definition) is 1. The third-order valence-electron chi connectivity index (χ3n) is 9.55. The van der Waals surface area contributed by atoms with E-state index >= 15 is 8.78 Å². The van der Waals surface area contributed by atoms with Crippen LogP contribution in [0, 0.1) is 11.3 Å². The first-order valence-electron chi connectivity index (χ1n) is 15.8. The number of aromatic nitrogens is 2. The first-order chi connectivity index (χ1) is 21.1. The normalized spacial score (nSPS) is 29.5. The van der Waals surface area contributed by atoms with Gasteiger partial charge < -0.3 is 24.4 Å². The van der Waals surface area contributed by atoms with Crippen LogP contribution in [0.3, 0.4) is 0 Å². The highest BCUT2D eigenvalue weighted by atomic mass is 19.3. The Morgan fingerprint density at radius 1 is 1.09 bits per heavy atom. The Hall–Kier alpha value is -3.57. The van der Waals surface area contributed by atoms with Crippen LogP contribution in [0.25, 0.3) is 11.0 Å². The number of Topliss-reactive ketones (excluding diaryl/α,β-unsaturated/α-hetero) is 1. The van der Waals surface area contributed by atoms with Crippen LogP contribution in [0.5, 0.6) is 11.6 Å². The zero-order chi connectivity index (χ0) is 32.7. The number of alkyl halides is 2. The van der Waals surface area contributed by atoms with E-state index in [1.807, 2.05) is 6.92 Å². The molecule has 3 aliphatic rings. The van der Waals surface area contributed by atoms with E-state index in [4.69, 9.17) is 19.2 Å². The third-order valence-corrected chi connectivity index (χ3v) is 9.55. The number of carbonyl (C=O) groups is 3. The number of aryl methyl sites for hydroxylation is 1. The number of fused-ring (bicyclic) bond motifs is 5. The number of rotatable bonds is 2. The number of ether oxygens (including phenoxy) is 3. The fraction of sp³-hybridized carbons (Fsp3) is 0.667. The first-order valence-corrected chi connectivity index (χ1v) is 15.8. The smallest absolute Gasteiger partial charge is 0.408 e. The molecular formula is C33H44F2N4O6. The van der Waals surface area contributed by atoms with E-state index in [0.29, 0.717) is 41.7 Å². The summed E-state index contributed by atoms with van der Waals surface area (Å²) >= 11 is 0. The highest BCUT2D eigenvalue weighted by Gasteiger charge is 2.63. The van der Waals surface area contributed by atoms with Crippen LogP contribution in [-0.4, -0.2) is 76.0 Å². The summed E-state index contributed by atoms with van der Waals surface area (Å²) in [5.74, 6) is -4.84. The van der Waals surface area contributed by atoms with Crippen LogP contribution in [0.1, 0.15) is 85.3 Å². The largest absolute Gasteiger partial charge is 0.497 e. The lowest BCUT2D eigenvalue weighted by Crippen LogP contribution is -2.59. The van der Waals surface area contributed by atoms with Crippen molar-refractivity contribution in [2.75, 3.05) is 13.7 Å². The van der Waals surface area contributed by atoms with Gasteiger partial charge in [0.15, 0.2) is 17.9 Å². The van der Waals surface area contributed by atoms with Gasteiger partial charge in [-0.3, -0.25) is 9.59 Å². The number of benzene rings is 1. The summed E-state index contributed by atoms with van der Waals surface area (Å²) in [6, 6.07) is 1.82. The number of ketones is 1. The molecule has 3 heterocycles. The Balaban J connectivity index is 1.57. The minimum atomic E-state index is -3.75. The van der Waals surface area contributed by atoms with Crippen molar-refractivity contribution < 1.29 is 37.4 Å². The Morgan fingerprint density at radius 2 is 1.82 bits per heavy atom. The van der Waals surface area contributed by atoms with Crippen LogP contribution >= 0.6 is 0 Å². The molecule has 45 heavy (non-hydrogen) atoms. The molecule has 1 aliphatic carbocycles. The van der Waals surface area contributed by atoms with Crippen LogP contribution in [0.4, 0.5) is 13.6 Å². The average Bonchev–Trinajstić information content (AvgIpc) is 3.44. The lowest BCUT2D eigenvalue weighted by molar-refractivity contribution is -0.150. The summed E-state index contributed by atoms with van der Waals surface area (Å²) in [5, 5.41) is 2.68. The van der Waals surface area contributed by atoms with E-state index in [0.717, 1.165) is 43.9 Å². The van der Waals surface area contributed by atoms with Crippen molar-refractivity contribution in [3.05, 3.63) is 23.9 Å². The zero-order valence-electron chi connectivity index (χ0n) is 27.0. The van der Waals surface area contributed by atoms with E-state index < -0.39 is 59.5 Å². The van der Waals surface area contributed by atoms with E-state index in [2.05, 4.69) is 10.3 Å². The van der Waals surface area contributed by atoms with E-state index in [1.165, 1.54) is 7.11 Å². The second-order valence-corrected chi connectivity index (χ2v) is 13.9. The number of alkyl carbamates (subject to hydrolysis) is 1. The Labute approximate surface area is 262 Å². The van der Waals surface area contributed by atoms with Gasteiger partial charge in [0.1, 0.15) is 23.1 Å².